The lowest BCUT2D eigenvalue weighted by Crippen LogP contribution is -2.12. The van der Waals surface area contributed by atoms with Crippen LogP contribution >= 0.6 is 0 Å². The molecule has 0 atom stereocenters. The van der Waals surface area contributed by atoms with Crippen molar-refractivity contribution in [2.24, 2.45) is 0 Å². The third kappa shape index (κ3) is 2.41. The molecule has 0 unspecified atom stereocenters. The molecule has 1 amide bonds. The number of anilines is 2. The number of amides is 1. The number of aromatic nitrogens is 2. The second-order valence-electron chi connectivity index (χ2n) is 3.57. The van der Waals surface area contributed by atoms with Crippen LogP contribution in [0.3, 0.4) is 0 Å². The molecule has 88 valence electrons. The van der Waals surface area contributed by atoms with E-state index >= 15 is 0 Å². The highest BCUT2D eigenvalue weighted by Gasteiger charge is 2.15. The van der Waals surface area contributed by atoms with Crippen LogP contribution in [0.25, 0.3) is 0 Å². The van der Waals surface area contributed by atoms with Crippen molar-refractivity contribution in [3.05, 3.63) is 35.7 Å². The largest absolute Gasteiger partial charge is 0.436 e. The SMILES string of the molecule is Cc1nc(C)c(C(=O)Nc2ccc(N)nc2)o1. The summed E-state index contributed by atoms with van der Waals surface area (Å²) in [6, 6.07) is 3.27. The minimum absolute atomic E-state index is 0.208. The van der Waals surface area contributed by atoms with Gasteiger partial charge in [0.05, 0.1) is 17.6 Å². The van der Waals surface area contributed by atoms with Gasteiger partial charge in [-0.25, -0.2) is 9.97 Å². The van der Waals surface area contributed by atoms with Crippen LogP contribution in [-0.2, 0) is 0 Å². The number of carbonyl (C=O) groups excluding carboxylic acids is 1. The number of oxazole rings is 1. The van der Waals surface area contributed by atoms with Gasteiger partial charge in [0.25, 0.3) is 5.91 Å². The van der Waals surface area contributed by atoms with Crippen molar-refractivity contribution in [3.63, 3.8) is 0 Å². The third-order valence-corrected chi connectivity index (χ3v) is 2.15. The Morgan fingerprint density at radius 1 is 1.41 bits per heavy atom. The molecule has 0 saturated heterocycles. The smallest absolute Gasteiger partial charge is 0.293 e. The molecular weight excluding hydrogens is 220 g/mol. The topological polar surface area (TPSA) is 94.0 Å². The number of carbonyl (C=O) groups is 1. The minimum Gasteiger partial charge on any atom is -0.436 e. The number of hydrogen-bond acceptors (Lipinski definition) is 5. The molecule has 6 nitrogen and oxygen atoms in total. The summed E-state index contributed by atoms with van der Waals surface area (Å²) in [5.41, 5.74) is 6.56. The van der Waals surface area contributed by atoms with Crippen LogP contribution in [0.5, 0.6) is 0 Å². The van der Waals surface area contributed by atoms with Gasteiger partial charge in [-0.2, -0.15) is 0 Å². The maximum absolute atomic E-state index is 11.8. The number of nitrogens with one attached hydrogen (secondary N) is 1. The first-order chi connectivity index (χ1) is 8.06. The van der Waals surface area contributed by atoms with Crippen LogP contribution in [0.4, 0.5) is 11.5 Å². The van der Waals surface area contributed by atoms with Gasteiger partial charge in [-0.3, -0.25) is 4.79 Å². The maximum atomic E-state index is 11.8. The zero-order valence-electron chi connectivity index (χ0n) is 9.52. The highest BCUT2D eigenvalue weighted by molar-refractivity contribution is 6.02. The van der Waals surface area contributed by atoms with Crippen LogP contribution in [0.1, 0.15) is 22.1 Å². The molecule has 0 fully saturated rings. The van der Waals surface area contributed by atoms with Crippen molar-refractivity contribution in [1.82, 2.24) is 9.97 Å². The first-order valence-corrected chi connectivity index (χ1v) is 5.03. The normalized spacial score (nSPS) is 10.2. The lowest BCUT2D eigenvalue weighted by molar-refractivity contribution is 0.0994. The predicted molar refractivity (Wildman–Crippen MR) is 62.6 cm³/mol. The van der Waals surface area contributed by atoms with Crippen molar-refractivity contribution in [3.8, 4) is 0 Å². The van der Waals surface area contributed by atoms with Crippen LogP contribution in [0.15, 0.2) is 22.7 Å². The van der Waals surface area contributed by atoms with E-state index < -0.39 is 0 Å². The molecule has 0 radical (unpaired) electrons. The fraction of sp³-hybridized carbons (Fsp3) is 0.182. The molecule has 0 saturated carbocycles. The molecule has 0 aliphatic carbocycles. The summed E-state index contributed by atoms with van der Waals surface area (Å²) in [5.74, 6) is 0.715. The minimum atomic E-state index is -0.352. The summed E-state index contributed by atoms with van der Waals surface area (Å²) in [7, 11) is 0. The highest BCUT2D eigenvalue weighted by atomic mass is 16.4. The zero-order chi connectivity index (χ0) is 12.4. The molecule has 17 heavy (non-hydrogen) atoms. The maximum Gasteiger partial charge on any atom is 0.293 e. The Morgan fingerprint density at radius 3 is 2.71 bits per heavy atom. The molecule has 2 aromatic heterocycles. The Morgan fingerprint density at radius 2 is 2.18 bits per heavy atom. The van der Waals surface area contributed by atoms with Gasteiger partial charge in [0.2, 0.25) is 5.76 Å². The molecule has 0 aliphatic heterocycles. The summed E-state index contributed by atoms with van der Waals surface area (Å²) in [6.07, 6.45) is 1.48. The van der Waals surface area contributed by atoms with Crippen molar-refractivity contribution in [2.45, 2.75) is 13.8 Å². The van der Waals surface area contributed by atoms with Crippen LogP contribution in [0.2, 0.25) is 0 Å². The molecule has 3 N–H and O–H groups in total. The molecule has 6 heteroatoms. The van der Waals surface area contributed by atoms with Crippen LogP contribution in [0, 0.1) is 13.8 Å². The van der Waals surface area contributed by atoms with Crippen LogP contribution < -0.4 is 11.1 Å². The van der Waals surface area contributed by atoms with E-state index in [1.54, 1.807) is 26.0 Å². The summed E-state index contributed by atoms with van der Waals surface area (Å²) in [6.45, 7) is 3.40. The molecule has 2 rings (SSSR count). The average Bonchev–Trinajstić information content (AvgIpc) is 2.61. The number of hydrogen-bond donors (Lipinski definition) is 2. The summed E-state index contributed by atoms with van der Waals surface area (Å²) in [5, 5.41) is 2.65. The van der Waals surface area contributed by atoms with Crippen molar-refractivity contribution in [2.75, 3.05) is 11.1 Å². The van der Waals surface area contributed by atoms with Crippen LogP contribution in [-0.4, -0.2) is 15.9 Å². The van der Waals surface area contributed by atoms with E-state index in [0.29, 0.717) is 23.1 Å². The standard InChI is InChI=1S/C11H12N4O2/c1-6-10(17-7(2)14-6)11(16)15-8-3-4-9(12)13-5-8/h3-5H,1-2H3,(H2,12,13)(H,15,16). The third-order valence-electron chi connectivity index (χ3n) is 2.15. The van der Waals surface area contributed by atoms with E-state index in [1.165, 1.54) is 6.20 Å². The van der Waals surface area contributed by atoms with E-state index in [4.69, 9.17) is 10.2 Å². The second kappa shape index (κ2) is 4.25. The number of nitrogens with zero attached hydrogens (tertiary/aromatic N) is 2. The molecule has 2 aromatic rings. The summed E-state index contributed by atoms with van der Waals surface area (Å²) < 4.78 is 5.20. The van der Waals surface area contributed by atoms with Gasteiger partial charge in [-0.05, 0) is 19.1 Å². The summed E-state index contributed by atoms with van der Waals surface area (Å²) >= 11 is 0. The Labute approximate surface area is 97.9 Å². The van der Waals surface area contributed by atoms with Gasteiger partial charge < -0.3 is 15.5 Å². The zero-order valence-corrected chi connectivity index (χ0v) is 9.52. The fourth-order valence-electron chi connectivity index (χ4n) is 1.41. The van der Waals surface area contributed by atoms with Gasteiger partial charge in [-0.1, -0.05) is 0 Å². The molecule has 2 heterocycles. The Kier molecular flexibility index (Phi) is 2.78. The van der Waals surface area contributed by atoms with Gasteiger partial charge >= 0.3 is 0 Å². The van der Waals surface area contributed by atoms with Gasteiger partial charge in [0.15, 0.2) is 5.89 Å². The van der Waals surface area contributed by atoms with Crippen molar-refractivity contribution < 1.29 is 9.21 Å². The second-order valence-corrected chi connectivity index (χ2v) is 3.57. The van der Waals surface area contributed by atoms with E-state index in [9.17, 15) is 4.79 Å². The first kappa shape index (κ1) is 11.1. The molecule has 0 aromatic carbocycles. The molecule has 0 bridgehead atoms. The number of aryl methyl sites for hydroxylation is 2. The number of pyridine rings is 1. The van der Waals surface area contributed by atoms with Gasteiger partial charge in [-0.15, -0.1) is 0 Å². The van der Waals surface area contributed by atoms with Gasteiger partial charge in [0.1, 0.15) is 5.82 Å². The number of rotatable bonds is 2. The number of nitrogen functional groups attached to an aromatic ring is 1. The molecule has 0 aliphatic rings. The van der Waals surface area contributed by atoms with E-state index in [1.807, 2.05) is 0 Å². The Hall–Kier alpha value is -2.37. The molecular formula is C11H12N4O2. The monoisotopic (exact) mass is 232 g/mol. The highest BCUT2D eigenvalue weighted by Crippen LogP contribution is 2.13. The van der Waals surface area contributed by atoms with E-state index in [-0.39, 0.29) is 11.7 Å². The van der Waals surface area contributed by atoms with Crippen molar-refractivity contribution >= 4 is 17.4 Å². The van der Waals surface area contributed by atoms with E-state index in [0.717, 1.165) is 0 Å². The quantitative estimate of drug-likeness (QED) is 0.818. The fourth-order valence-corrected chi connectivity index (χ4v) is 1.41. The summed E-state index contributed by atoms with van der Waals surface area (Å²) in [4.78, 5) is 19.7. The Balaban J connectivity index is 2.17. The Bertz CT molecular complexity index is 545. The molecule has 0 spiro atoms. The number of nitrogens with two attached hydrogens (primary N) is 1. The lowest BCUT2D eigenvalue weighted by Gasteiger charge is -2.02. The van der Waals surface area contributed by atoms with Gasteiger partial charge in [0, 0.05) is 6.92 Å². The lowest BCUT2D eigenvalue weighted by atomic mass is 10.3. The first-order valence-electron chi connectivity index (χ1n) is 5.03. The predicted octanol–water partition coefficient (Wildman–Crippen LogP) is 1.52. The van der Waals surface area contributed by atoms with Crippen molar-refractivity contribution in [1.29, 1.82) is 0 Å². The average molecular weight is 232 g/mol. The van der Waals surface area contributed by atoms with E-state index in [2.05, 4.69) is 15.3 Å².